The summed E-state index contributed by atoms with van der Waals surface area (Å²) in [7, 11) is 0. The molecule has 0 bridgehead atoms. The highest BCUT2D eigenvalue weighted by atomic mass is 35.5. The number of aromatic nitrogens is 4. The smallest absolute Gasteiger partial charge is 0.230 e. The minimum atomic E-state index is -0.137. The molecule has 1 saturated heterocycles. The van der Waals surface area contributed by atoms with Gasteiger partial charge in [-0.25, -0.2) is 4.98 Å². The van der Waals surface area contributed by atoms with Crippen molar-refractivity contribution >= 4 is 46.0 Å². The molecule has 5 N–H and O–H groups in total. The van der Waals surface area contributed by atoms with E-state index in [1.165, 1.54) is 12.8 Å². The van der Waals surface area contributed by atoms with Crippen molar-refractivity contribution in [3.63, 3.8) is 0 Å². The van der Waals surface area contributed by atoms with E-state index in [4.69, 9.17) is 22.7 Å². The maximum Gasteiger partial charge on any atom is 0.230 e. The van der Waals surface area contributed by atoms with Crippen molar-refractivity contribution in [2.75, 3.05) is 24.1 Å². The van der Waals surface area contributed by atoms with Crippen molar-refractivity contribution in [2.24, 2.45) is 0 Å². The molecule has 2 aromatic heterocycles. The number of nitrogen functional groups attached to an aromatic ring is 1. The van der Waals surface area contributed by atoms with Crippen LogP contribution in [-0.4, -0.2) is 43.3 Å². The first-order chi connectivity index (χ1) is 12.6. The van der Waals surface area contributed by atoms with E-state index in [1.54, 1.807) is 18.0 Å². The minimum absolute atomic E-state index is 0.137. The molecule has 2 aromatic rings. The quantitative estimate of drug-likeness (QED) is 0.441. The first-order valence-electron chi connectivity index (χ1n) is 8.70. The number of rotatable bonds is 6. The summed E-state index contributed by atoms with van der Waals surface area (Å²) in [5, 5.41) is 19.6. The maximum atomic E-state index is 7.83. The van der Waals surface area contributed by atoms with Crippen LogP contribution in [0.3, 0.4) is 0 Å². The number of piperidine rings is 1. The molecule has 3 heterocycles. The maximum absolute atomic E-state index is 7.83. The van der Waals surface area contributed by atoms with E-state index in [2.05, 4.69) is 25.7 Å². The molecule has 10 heteroatoms. The number of halogens is 1. The fourth-order valence-corrected chi connectivity index (χ4v) is 4.46. The van der Waals surface area contributed by atoms with Crippen LogP contribution in [-0.2, 0) is 0 Å². The van der Waals surface area contributed by atoms with Gasteiger partial charge >= 0.3 is 0 Å². The molecule has 1 saturated carbocycles. The zero-order valence-electron chi connectivity index (χ0n) is 14.2. The van der Waals surface area contributed by atoms with Crippen molar-refractivity contribution < 1.29 is 0 Å². The summed E-state index contributed by atoms with van der Waals surface area (Å²) in [6.07, 6.45) is 8.27. The molecular weight excluding hydrogens is 372 g/mol. The standard InChI is InChI=1S/C16H21ClN8S/c17-13(18)12-14(19)23-16(22-9-6-21-25(8-9)10-3-4-10)24-15(12)26-11-2-1-5-20-7-11/h6,8,10-11,18,20H,1-5,7H2,(H3,19,22,23,24)/t11-/m1/s1. The molecule has 0 aromatic carbocycles. The van der Waals surface area contributed by atoms with E-state index in [9.17, 15) is 0 Å². The summed E-state index contributed by atoms with van der Waals surface area (Å²) in [6.45, 7) is 1.94. The molecular formula is C16H21ClN8S. The molecule has 1 aliphatic heterocycles. The second kappa shape index (κ2) is 7.42. The van der Waals surface area contributed by atoms with Gasteiger partial charge in [-0.1, -0.05) is 11.6 Å². The van der Waals surface area contributed by atoms with Crippen LogP contribution in [0.5, 0.6) is 0 Å². The Morgan fingerprint density at radius 3 is 2.92 bits per heavy atom. The van der Waals surface area contributed by atoms with E-state index in [-0.39, 0.29) is 11.0 Å². The second-order valence-corrected chi connectivity index (χ2v) is 8.25. The Hall–Kier alpha value is -1.84. The van der Waals surface area contributed by atoms with Crippen LogP contribution in [0.2, 0.25) is 0 Å². The Morgan fingerprint density at radius 2 is 2.23 bits per heavy atom. The monoisotopic (exact) mass is 392 g/mol. The van der Waals surface area contributed by atoms with Gasteiger partial charge in [0.05, 0.1) is 23.5 Å². The lowest BCUT2D eigenvalue weighted by Gasteiger charge is -2.23. The lowest BCUT2D eigenvalue weighted by atomic mass is 10.2. The largest absolute Gasteiger partial charge is 0.383 e. The van der Waals surface area contributed by atoms with Crippen molar-refractivity contribution in [1.82, 2.24) is 25.1 Å². The molecule has 0 spiro atoms. The summed E-state index contributed by atoms with van der Waals surface area (Å²) in [4.78, 5) is 8.86. The molecule has 138 valence electrons. The predicted octanol–water partition coefficient (Wildman–Crippen LogP) is 2.74. The second-order valence-electron chi connectivity index (χ2n) is 6.58. The molecule has 26 heavy (non-hydrogen) atoms. The zero-order chi connectivity index (χ0) is 18.1. The zero-order valence-corrected chi connectivity index (χ0v) is 15.8. The van der Waals surface area contributed by atoms with Gasteiger partial charge in [0, 0.05) is 18.0 Å². The summed E-state index contributed by atoms with van der Waals surface area (Å²) in [6, 6.07) is 0.514. The van der Waals surface area contributed by atoms with E-state index in [0.717, 1.165) is 31.6 Å². The Morgan fingerprint density at radius 1 is 1.38 bits per heavy atom. The SMILES string of the molecule is N=C(Cl)c1c(N)nc(Nc2cnn(C3CC3)c2)nc1S[C@@H]1CCCNC1. The van der Waals surface area contributed by atoms with E-state index >= 15 is 0 Å². The van der Waals surface area contributed by atoms with Gasteiger partial charge in [-0.3, -0.25) is 10.1 Å². The third kappa shape index (κ3) is 3.94. The van der Waals surface area contributed by atoms with Crippen LogP contribution in [0.4, 0.5) is 17.5 Å². The first kappa shape index (κ1) is 17.6. The summed E-state index contributed by atoms with van der Waals surface area (Å²) in [5.41, 5.74) is 7.30. The van der Waals surface area contributed by atoms with E-state index < -0.39 is 0 Å². The fourth-order valence-electron chi connectivity index (χ4n) is 2.95. The predicted molar refractivity (Wildman–Crippen MR) is 105 cm³/mol. The molecule has 0 amide bonds. The number of hydrogen-bond donors (Lipinski definition) is 4. The van der Waals surface area contributed by atoms with Gasteiger partial charge in [-0.2, -0.15) is 10.1 Å². The van der Waals surface area contributed by atoms with Crippen molar-refractivity contribution in [3.05, 3.63) is 18.0 Å². The molecule has 2 fully saturated rings. The van der Waals surface area contributed by atoms with E-state index in [0.29, 0.717) is 27.8 Å². The average molecular weight is 393 g/mol. The van der Waals surface area contributed by atoms with E-state index in [1.807, 2.05) is 10.9 Å². The molecule has 1 aliphatic carbocycles. The topological polar surface area (TPSA) is 118 Å². The lowest BCUT2D eigenvalue weighted by Crippen LogP contribution is -2.31. The number of thioether (sulfide) groups is 1. The van der Waals surface area contributed by atoms with Gasteiger partial charge in [0.2, 0.25) is 5.95 Å². The Balaban J connectivity index is 1.58. The Bertz CT molecular complexity index is 813. The van der Waals surface area contributed by atoms with Gasteiger partial charge in [0.15, 0.2) is 0 Å². The summed E-state index contributed by atoms with van der Waals surface area (Å²) < 4.78 is 1.96. The number of nitrogens with zero attached hydrogens (tertiary/aromatic N) is 4. The van der Waals surface area contributed by atoms with Gasteiger partial charge in [0.1, 0.15) is 16.0 Å². The van der Waals surface area contributed by atoms with Crippen LogP contribution in [0.25, 0.3) is 0 Å². The highest BCUT2D eigenvalue weighted by Gasteiger charge is 2.25. The number of hydrogen-bond acceptors (Lipinski definition) is 8. The van der Waals surface area contributed by atoms with Gasteiger partial charge < -0.3 is 16.4 Å². The van der Waals surface area contributed by atoms with Crippen molar-refractivity contribution in [2.45, 2.75) is 42.0 Å². The van der Waals surface area contributed by atoms with Crippen molar-refractivity contribution in [1.29, 1.82) is 5.41 Å². The average Bonchev–Trinajstić information content (AvgIpc) is 3.35. The Labute approximate surface area is 160 Å². The van der Waals surface area contributed by atoms with Crippen LogP contribution < -0.4 is 16.4 Å². The van der Waals surface area contributed by atoms with Crippen LogP contribution in [0, 0.1) is 5.41 Å². The van der Waals surface area contributed by atoms with Gasteiger partial charge in [0.25, 0.3) is 0 Å². The molecule has 4 rings (SSSR count). The molecule has 8 nitrogen and oxygen atoms in total. The number of anilines is 3. The Kier molecular flexibility index (Phi) is 5.01. The molecule has 2 aliphatic rings. The minimum Gasteiger partial charge on any atom is -0.383 e. The highest BCUT2D eigenvalue weighted by Crippen LogP contribution is 2.35. The summed E-state index contributed by atoms with van der Waals surface area (Å²) >= 11 is 7.55. The number of nitrogens with one attached hydrogen (secondary N) is 3. The normalized spacial score (nSPS) is 20.1. The van der Waals surface area contributed by atoms with Crippen LogP contribution in [0.1, 0.15) is 37.3 Å². The van der Waals surface area contributed by atoms with Crippen LogP contribution in [0.15, 0.2) is 17.4 Å². The lowest BCUT2D eigenvalue weighted by molar-refractivity contribution is 0.531. The fraction of sp³-hybridized carbons (Fsp3) is 0.500. The van der Waals surface area contributed by atoms with Crippen molar-refractivity contribution in [3.8, 4) is 0 Å². The number of nitrogens with two attached hydrogens (primary N) is 1. The molecule has 0 radical (unpaired) electrons. The summed E-state index contributed by atoms with van der Waals surface area (Å²) in [5.74, 6) is 0.606. The molecule has 0 unspecified atom stereocenters. The third-order valence-electron chi connectivity index (χ3n) is 4.43. The highest BCUT2D eigenvalue weighted by molar-refractivity contribution is 8.00. The van der Waals surface area contributed by atoms with Crippen LogP contribution >= 0.6 is 23.4 Å². The van der Waals surface area contributed by atoms with Gasteiger partial charge in [-0.05, 0) is 32.2 Å². The third-order valence-corrected chi connectivity index (χ3v) is 5.88. The first-order valence-corrected chi connectivity index (χ1v) is 9.96. The van der Waals surface area contributed by atoms with Gasteiger partial charge in [-0.15, -0.1) is 11.8 Å². The molecule has 1 atom stereocenters.